The number of esters is 2. The van der Waals surface area contributed by atoms with E-state index in [1.54, 1.807) is 31.2 Å². The van der Waals surface area contributed by atoms with E-state index in [1.807, 2.05) is 0 Å². The molecule has 9 heteroatoms. The number of ether oxygens (including phenoxy) is 3. The lowest BCUT2D eigenvalue weighted by atomic mass is 10.0. The highest BCUT2D eigenvalue weighted by Gasteiger charge is 2.25. The van der Waals surface area contributed by atoms with E-state index in [0.717, 1.165) is 0 Å². The fourth-order valence-corrected chi connectivity index (χ4v) is 2.69. The molecule has 6 nitrogen and oxygen atoms in total. The molecule has 148 valence electrons. The highest BCUT2D eigenvalue weighted by Crippen LogP contribution is 2.34. The zero-order valence-corrected chi connectivity index (χ0v) is 17.3. The molecule has 0 amide bonds. The molecule has 2 aromatic rings. The van der Waals surface area contributed by atoms with Crippen molar-refractivity contribution in [1.29, 1.82) is 0 Å². The summed E-state index contributed by atoms with van der Waals surface area (Å²) >= 11 is 17.8. The Labute approximate surface area is 177 Å². The Morgan fingerprint density at radius 2 is 1.79 bits per heavy atom. The van der Waals surface area contributed by atoms with Gasteiger partial charge in [0.25, 0.3) is 0 Å². The lowest BCUT2D eigenvalue weighted by molar-refractivity contribution is -0.147. The second kappa shape index (κ2) is 9.78. The number of pyridine rings is 1. The molecule has 0 saturated heterocycles. The highest BCUT2D eigenvalue weighted by atomic mass is 35.5. The molecule has 0 N–H and O–H groups in total. The summed E-state index contributed by atoms with van der Waals surface area (Å²) in [5, 5.41) is 0.446. The predicted molar refractivity (Wildman–Crippen MR) is 106 cm³/mol. The fourth-order valence-electron chi connectivity index (χ4n) is 2.16. The lowest BCUT2D eigenvalue weighted by Gasteiger charge is -2.19. The van der Waals surface area contributed by atoms with Crippen molar-refractivity contribution >= 4 is 46.7 Å². The summed E-state index contributed by atoms with van der Waals surface area (Å²) in [6.07, 6.45) is -0.989. The molecule has 0 bridgehead atoms. The van der Waals surface area contributed by atoms with E-state index in [1.165, 1.54) is 13.0 Å². The molecule has 1 heterocycles. The van der Waals surface area contributed by atoms with Gasteiger partial charge in [0.2, 0.25) is 5.88 Å². The topological polar surface area (TPSA) is 74.7 Å². The van der Waals surface area contributed by atoms with Crippen LogP contribution in [0.2, 0.25) is 15.2 Å². The van der Waals surface area contributed by atoms with Crippen molar-refractivity contribution in [1.82, 2.24) is 4.98 Å². The maximum absolute atomic E-state index is 12.0. The van der Waals surface area contributed by atoms with Gasteiger partial charge in [-0.1, -0.05) is 53.5 Å². The minimum absolute atomic E-state index is 0.0000810. The number of carbonyl (C=O) groups is 2. The third-order valence-corrected chi connectivity index (χ3v) is 4.33. The SMILES string of the molecule is C=C(C(=O)OCC)C(OC(C)=O)c1ccc(Oc2nc(Cl)c(Cl)cc2Cl)cc1. The van der Waals surface area contributed by atoms with Gasteiger partial charge in [-0.2, -0.15) is 4.98 Å². The first-order valence-electron chi connectivity index (χ1n) is 8.05. The molecule has 28 heavy (non-hydrogen) atoms. The molecule has 0 radical (unpaired) electrons. The molecule has 0 aliphatic heterocycles. The Bertz CT molecular complexity index is 899. The molecule has 0 aliphatic carbocycles. The summed E-state index contributed by atoms with van der Waals surface area (Å²) in [5.41, 5.74) is 0.508. The van der Waals surface area contributed by atoms with Crippen LogP contribution in [0.4, 0.5) is 0 Å². The van der Waals surface area contributed by atoms with E-state index in [-0.39, 0.29) is 33.3 Å². The molecule has 0 aliphatic rings. The number of nitrogens with zero attached hydrogens (tertiary/aromatic N) is 1. The maximum Gasteiger partial charge on any atom is 0.337 e. The lowest BCUT2D eigenvalue weighted by Crippen LogP contribution is -2.18. The van der Waals surface area contributed by atoms with Crippen molar-refractivity contribution < 1.29 is 23.8 Å². The van der Waals surface area contributed by atoms with Gasteiger partial charge in [0.1, 0.15) is 10.8 Å². The number of halogens is 3. The third kappa shape index (κ3) is 5.61. The zero-order valence-electron chi connectivity index (χ0n) is 15.0. The van der Waals surface area contributed by atoms with Crippen LogP contribution in [0.25, 0.3) is 0 Å². The standard InChI is InChI=1S/C19H16Cl3NO5/c1-4-26-19(25)10(2)16(27-11(3)24)12-5-7-13(8-6-12)28-18-15(21)9-14(20)17(22)23-18/h5-9,16H,2,4H2,1,3H3. The summed E-state index contributed by atoms with van der Waals surface area (Å²) in [6, 6.07) is 7.81. The quantitative estimate of drug-likeness (QED) is 0.316. The molecular weight excluding hydrogens is 429 g/mol. The summed E-state index contributed by atoms with van der Waals surface area (Å²) < 4.78 is 15.7. The van der Waals surface area contributed by atoms with Crippen molar-refractivity contribution in [2.75, 3.05) is 6.61 Å². The molecule has 0 saturated carbocycles. The Morgan fingerprint density at radius 3 is 2.36 bits per heavy atom. The van der Waals surface area contributed by atoms with E-state index >= 15 is 0 Å². The van der Waals surface area contributed by atoms with Crippen molar-refractivity contribution in [3.63, 3.8) is 0 Å². The van der Waals surface area contributed by atoms with Crippen LogP contribution in [0.15, 0.2) is 42.5 Å². The first kappa shape index (κ1) is 22.0. The number of hydrogen-bond donors (Lipinski definition) is 0. The van der Waals surface area contributed by atoms with Crippen molar-refractivity contribution in [3.8, 4) is 11.6 Å². The van der Waals surface area contributed by atoms with Crippen LogP contribution in [0.3, 0.4) is 0 Å². The van der Waals surface area contributed by atoms with E-state index < -0.39 is 18.0 Å². The van der Waals surface area contributed by atoms with Gasteiger partial charge in [-0.05, 0) is 30.7 Å². The summed E-state index contributed by atoms with van der Waals surface area (Å²) in [4.78, 5) is 27.4. The van der Waals surface area contributed by atoms with Gasteiger partial charge < -0.3 is 14.2 Å². The van der Waals surface area contributed by atoms with Gasteiger partial charge in [-0.3, -0.25) is 4.79 Å². The Morgan fingerprint density at radius 1 is 1.14 bits per heavy atom. The van der Waals surface area contributed by atoms with Crippen molar-refractivity contribution in [2.45, 2.75) is 20.0 Å². The number of carbonyl (C=O) groups excluding carboxylic acids is 2. The van der Waals surface area contributed by atoms with Gasteiger partial charge in [-0.15, -0.1) is 0 Å². The normalized spacial score (nSPS) is 11.5. The van der Waals surface area contributed by atoms with Gasteiger partial charge in [-0.25, -0.2) is 4.79 Å². The molecule has 0 fully saturated rings. The number of benzene rings is 1. The first-order valence-corrected chi connectivity index (χ1v) is 9.18. The van der Waals surface area contributed by atoms with Gasteiger partial charge >= 0.3 is 11.9 Å². The summed E-state index contributed by atoms with van der Waals surface area (Å²) in [7, 11) is 0. The van der Waals surface area contributed by atoms with E-state index in [9.17, 15) is 9.59 Å². The molecular formula is C19H16Cl3NO5. The molecule has 2 rings (SSSR count). The van der Waals surface area contributed by atoms with Crippen LogP contribution in [-0.2, 0) is 19.1 Å². The number of hydrogen-bond acceptors (Lipinski definition) is 6. The monoisotopic (exact) mass is 443 g/mol. The summed E-state index contributed by atoms with van der Waals surface area (Å²) in [5.74, 6) is -0.750. The number of rotatable bonds is 7. The minimum Gasteiger partial charge on any atom is -0.463 e. The van der Waals surface area contributed by atoms with Crippen LogP contribution in [0, 0.1) is 0 Å². The second-order valence-corrected chi connectivity index (χ2v) is 6.63. The van der Waals surface area contributed by atoms with Crippen LogP contribution in [-0.4, -0.2) is 23.5 Å². The van der Waals surface area contributed by atoms with Crippen molar-refractivity contribution in [2.24, 2.45) is 0 Å². The van der Waals surface area contributed by atoms with Crippen molar-refractivity contribution in [3.05, 3.63) is 63.2 Å². The van der Waals surface area contributed by atoms with E-state index in [4.69, 9.17) is 49.0 Å². The smallest absolute Gasteiger partial charge is 0.337 e. The second-order valence-electron chi connectivity index (χ2n) is 5.45. The Balaban J connectivity index is 2.25. The van der Waals surface area contributed by atoms with Crippen LogP contribution >= 0.6 is 34.8 Å². The van der Waals surface area contributed by atoms with Crippen LogP contribution < -0.4 is 4.74 Å². The molecule has 1 aromatic carbocycles. The minimum atomic E-state index is -0.989. The van der Waals surface area contributed by atoms with E-state index in [2.05, 4.69) is 11.6 Å². The molecule has 1 unspecified atom stereocenters. The average Bonchev–Trinajstić information content (AvgIpc) is 2.64. The first-order chi connectivity index (χ1) is 13.2. The molecule has 0 spiro atoms. The predicted octanol–water partition coefficient (Wildman–Crippen LogP) is 5.56. The van der Waals surface area contributed by atoms with Crippen LogP contribution in [0.5, 0.6) is 11.6 Å². The largest absolute Gasteiger partial charge is 0.463 e. The molecule has 1 atom stereocenters. The highest BCUT2D eigenvalue weighted by molar-refractivity contribution is 6.42. The Hall–Kier alpha value is -2.28. The fraction of sp³-hybridized carbons (Fsp3) is 0.211. The van der Waals surface area contributed by atoms with E-state index in [0.29, 0.717) is 11.3 Å². The van der Waals surface area contributed by atoms with Crippen LogP contribution in [0.1, 0.15) is 25.5 Å². The average molecular weight is 445 g/mol. The maximum atomic E-state index is 12.0. The zero-order chi connectivity index (χ0) is 20.8. The third-order valence-electron chi connectivity index (χ3n) is 3.39. The van der Waals surface area contributed by atoms with Gasteiger partial charge in [0.05, 0.1) is 17.2 Å². The Kier molecular flexibility index (Phi) is 7.69. The van der Waals surface area contributed by atoms with Gasteiger partial charge in [0.15, 0.2) is 11.3 Å². The number of aromatic nitrogens is 1. The molecule has 1 aromatic heterocycles. The summed E-state index contributed by atoms with van der Waals surface area (Å²) in [6.45, 7) is 6.76. The van der Waals surface area contributed by atoms with Gasteiger partial charge in [0, 0.05) is 6.92 Å².